The van der Waals surface area contributed by atoms with E-state index in [-0.39, 0.29) is 17.0 Å². The Morgan fingerprint density at radius 1 is 1.32 bits per heavy atom. The summed E-state index contributed by atoms with van der Waals surface area (Å²) in [4.78, 5) is 22.5. The molecule has 0 aliphatic rings. The molecule has 104 valence electrons. The van der Waals surface area contributed by atoms with Crippen LogP contribution < -0.4 is 5.32 Å². The molecule has 1 unspecified atom stereocenters. The van der Waals surface area contributed by atoms with Gasteiger partial charge >= 0.3 is 5.97 Å². The third kappa shape index (κ3) is 3.87. The van der Waals surface area contributed by atoms with Crippen LogP contribution in [0.4, 0.5) is 8.78 Å². The molecule has 8 heteroatoms. The van der Waals surface area contributed by atoms with Crippen molar-refractivity contribution in [2.24, 2.45) is 0 Å². The zero-order valence-electron chi connectivity index (χ0n) is 9.49. The summed E-state index contributed by atoms with van der Waals surface area (Å²) in [6, 6.07) is -0.153. The molecule has 1 atom stereocenters. The number of carbonyl (C=O) groups excluding carboxylic acids is 1. The molecule has 0 fully saturated rings. The minimum Gasteiger partial charge on any atom is -0.480 e. The zero-order chi connectivity index (χ0) is 14.6. The number of halogens is 3. The number of hydrogen-bond donors (Lipinski definition) is 3. The van der Waals surface area contributed by atoms with E-state index in [1.165, 1.54) is 0 Å². The Bertz CT molecular complexity index is 510. The van der Waals surface area contributed by atoms with Crippen molar-refractivity contribution in [3.05, 3.63) is 34.4 Å². The second kappa shape index (κ2) is 6.44. The quantitative estimate of drug-likeness (QED) is 0.712. The standard InChI is InChI=1S/C11H10ClF2NO4/c12-6-4-8(14)7(13)3-5(6)10(17)15-9(1-2-16)11(18)19/h3-4,9,16H,1-2H2,(H,15,17)(H,18,19). The molecule has 0 saturated carbocycles. The van der Waals surface area contributed by atoms with Crippen molar-refractivity contribution in [3.8, 4) is 0 Å². The fourth-order valence-corrected chi connectivity index (χ4v) is 1.56. The van der Waals surface area contributed by atoms with Crippen LogP contribution in [-0.2, 0) is 4.79 Å². The lowest BCUT2D eigenvalue weighted by Gasteiger charge is -2.14. The predicted molar refractivity (Wildman–Crippen MR) is 62.0 cm³/mol. The Morgan fingerprint density at radius 2 is 1.89 bits per heavy atom. The zero-order valence-corrected chi connectivity index (χ0v) is 10.2. The van der Waals surface area contributed by atoms with Gasteiger partial charge in [-0.05, 0) is 12.1 Å². The van der Waals surface area contributed by atoms with Crippen LogP contribution in [0.2, 0.25) is 5.02 Å². The van der Waals surface area contributed by atoms with Gasteiger partial charge in [-0.2, -0.15) is 0 Å². The van der Waals surface area contributed by atoms with Gasteiger partial charge in [0.25, 0.3) is 5.91 Å². The number of hydrogen-bond acceptors (Lipinski definition) is 3. The van der Waals surface area contributed by atoms with Gasteiger partial charge in [-0.1, -0.05) is 11.6 Å². The average molecular weight is 294 g/mol. The van der Waals surface area contributed by atoms with Crippen LogP contribution in [0, 0.1) is 11.6 Å². The van der Waals surface area contributed by atoms with Gasteiger partial charge in [-0.3, -0.25) is 4.79 Å². The fourth-order valence-electron chi connectivity index (χ4n) is 1.32. The molecule has 3 N–H and O–H groups in total. The number of carboxylic acid groups (broad SMARTS) is 1. The molecule has 0 saturated heterocycles. The maximum atomic E-state index is 13.0. The van der Waals surface area contributed by atoms with Crippen molar-refractivity contribution in [3.63, 3.8) is 0 Å². The Balaban J connectivity index is 2.94. The highest BCUT2D eigenvalue weighted by Crippen LogP contribution is 2.20. The van der Waals surface area contributed by atoms with Crippen LogP contribution in [0.5, 0.6) is 0 Å². The molecular weight excluding hydrogens is 284 g/mol. The summed E-state index contributed by atoms with van der Waals surface area (Å²) in [6.07, 6.45) is -0.220. The first kappa shape index (κ1) is 15.3. The summed E-state index contributed by atoms with van der Waals surface area (Å²) in [7, 11) is 0. The lowest BCUT2D eigenvalue weighted by atomic mass is 10.1. The van der Waals surface area contributed by atoms with E-state index < -0.39 is 36.2 Å². The fraction of sp³-hybridized carbons (Fsp3) is 0.273. The van der Waals surface area contributed by atoms with E-state index in [2.05, 4.69) is 0 Å². The second-order valence-electron chi connectivity index (χ2n) is 3.62. The molecule has 1 amide bonds. The Hall–Kier alpha value is -1.73. The van der Waals surface area contributed by atoms with Crippen LogP contribution in [0.25, 0.3) is 0 Å². The van der Waals surface area contributed by atoms with Crippen molar-refractivity contribution in [2.45, 2.75) is 12.5 Å². The molecule has 0 radical (unpaired) electrons. The summed E-state index contributed by atoms with van der Waals surface area (Å²) in [5, 5.41) is 19.1. The molecule has 1 aromatic rings. The number of rotatable bonds is 5. The summed E-state index contributed by atoms with van der Waals surface area (Å²) in [6.45, 7) is -0.456. The molecule has 0 aliphatic heterocycles. The van der Waals surface area contributed by atoms with Crippen LogP contribution in [0.1, 0.15) is 16.8 Å². The maximum absolute atomic E-state index is 13.0. The number of carboxylic acids is 1. The highest BCUT2D eigenvalue weighted by atomic mass is 35.5. The minimum atomic E-state index is -1.36. The average Bonchev–Trinajstić information content (AvgIpc) is 2.32. The smallest absolute Gasteiger partial charge is 0.326 e. The van der Waals surface area contributed by atoms with Crippen LogP contribution in [-0.4, -0.2) is 34.7 Å². The summed E-state index contributed by atoms with van der Waals surface area (Å²) < 4.78 is 25.8. The molecule has 1 rings (SSSR count). The highest BCUT2D eigenvalue weighted by Gasteiger charge is 2.22. The van der Waals surface area contributed by atoms with Gasteiger partial charge in [-0.15, -0.1) is 0 Å². The monoisotopic (exact) mass is 293 g/mol. The first-order chi connectivity index (χ1) is 8.86. The van der Waals surface area contributed by atoms with Gasteiger partial charge in [0.15, 0.2) is 11.6 Å². The third-order valence-electron chi connectivity index (χ3n) is 2.28. The highest BCUT2D eigenvalue weighted by molar-refractivity contribution is 6.33. The topological polar surface area (TPSA) is 86.6 Å². The number of benzene rings is 1. The SMILES string of the molecule is O=C(NC(CCO)C(=O)O)c1cc(F)c(F)cc1Cl. The Labute approximate surface area is 111 Å². The number of carbonyl (C=O) groups is 2. The summed E-state index contributed by atoms with van der Waals surface area (Å²) >= 11 is 5.57. The van der Waals surface area contributed by atoms with Crippen LogP contribution in [0.15, 0.2) is 12.1 Å². The van der Waals surface area contributed by atoms with Crippen molar-refractivity contribution in [1.29, 1.82) is 0 Å². The van der Waals surface area contributed by atoms with Crippen molar-refractivity contribution in [2.75, 3.05) is 6.61 Å². The van der Waals surface area contributed by atoms with Gasteiger partial charge < -0.3 is 15.5 Å². The van der Waals surface area contributed by atoms with Crippen molar-refractivity contribution >= 4 is 23.5 Å². The molecule has 5 nitrogen and oxygen atoms in total. The first-order valence-corrected chi connectivity index (χ1v) is 5.53. The van der Waals surface area contributed by atoms with Gasteiger partial charge in [0, 0.05) is 13.0 Å². The van der Waals surface area contributed by atoms with Gasteiger partial charge in [-0.25, -0.2) is 13.6 Å². The van der Waals surface area contributed by atoms with E-state index in [1.807, 2.05) is 5.32 Å². The van der Waals surface area contributed by atoms with E-state index in [1.54, 1.807) is 0 Å². The van der Waals surface area contributed by atoms with Gasteiger partial charge in [0.2, 0.25) is 0 Å². The van der Waals surface area contributed by atoms with E-state index in [9.17, 15) is 18.4 Å². The van der Waals surface area contributed by atoms with E-state index >= 15 is 0 Å². The van der Waals surface area contributed by atoms with Gasteiger partial charge in [0.05, 0.1) is 10.6 Å². The van der Waals surface area contributed by atoms with E-state index in [0.29, 0.717) is 12.1 Å². The Kier molecular flexibility index (Phi) is 5.20. The number of aliphatic carboxylic acids is 1. The molecule has 0 spiro atoms. The first-order valence-electron chi connectivity index (χ1n) is 5.16. The van der Waals surface area contributed by atoms with Crippen LogP contribution >= 0.6 is 11.6 Å². The van der Waals surface area contributed by atoms with E-state index in [4.69, 9.17) is 21.8 Å². The number of amides is 1. The summed E-state index contributed by atoms with van der Waals surface area (Å²) in [5.41, 5.74) is -0.384. The Morgan fingerprint density at radius 3 is 2.42 bits per heavy atom. The van der Waals surface area contributed by atoms with Crippen LogP contribution in [0.3, 0.4) is 0 Å². The molecular formula is C11H10ClF2NO4. The third-order valence-corrected chi connectivity index (χ3v) is 2.59. The number of aliphatic hydroxyl groups excluding tert-OH is 1. The second-order valence-corrected chi connectivity index (χ2v) is 4.03. The lowest BCUT2D eigenvalue weighted by Crippen LogP contribution is -2.41. The van der Waals surface area contributed by atoms with Crippen molar-refractivity contribution < 1.29 is 28.6 Å². The molecule has 0 bridgehead atoms. The minimum absolute atomic E-state index is 0.220. The van der Waals surface area contributed by atoms with Crippen molar-refractivity contribution in [1.82, 2.24) is 5.32 Å². The number of nitrogens with one attached hydrogen (secondary N) is 1. The number of aliphatic hydroxyl groups is 1. The predicted octanol–water partition coefficient (Wildman–Crippen LogP) is 1.18. The van der Waals surface area contributed by atoms with Gasteiger partial charge in [0.1, 0.15) is 6.04 Å². The molecule has 0 aromatic heterocycles. The lowest BCUT2D eigenvalue weighted by molar-refractivity contribution is -0.139. The normalized spacial score (nSPS) is 12.0. The summed E-state index contributed by atoms with van der Waals surface area (Å²) in [5.74, 6) is -4.82. The molecule has 19 heavy (non-hydrogen) atoms. The van der Waals surface area contributed by atoms with E-state index in [0.717, 1.165) is 0 Å². The molecule has 0 aliphatic carbocycles. The molecule has 1 aromatic carbocycles. The largest absolute Gasteiger partial charge is 0.480 e. The molecule has 0 heterocycles. The maximum Gasteiger partial charge on any atom is 0.326 e.